The van der Waals surface area contributed by atoms with Crippen molar-refractivity contribution in [2.45, 2.75) is 31.8 Å². The first kappa shape index (κ1) is 22.1. The van der Waals surface area contributed by atoms with E-state index in [1.54, 1.807) is 17.2 Å². The quantitative estimate of drug-likeness (QED) is 0.607. The molecule has 1 saturated carbocycles. The molecule has 2 saturated heterocycles. The highest BCUT2D eigenvalue weighted by molar-refractivity contribution is 5.88. The van der Waals surface area contributed by atoms with Gasteiger partial charge in [0.15, 0.2) is 0 Å². The molecule has 9 nitrogen and oxygen atoms in total. The lowest BCUT2D eigenvalue weighted by molar-refractivity contribution is 0.180. The smallest absolute Gasteiger partial charge is 0.330 e. The minimum atomic E-state index is -0.421. The molecule has 0 radical (unpaired) electrons. The number of anilines is 1. The Hall–Kier alpha value is -2.75. The highest BCUT2D eigenvalue weighted by Crippen LogP contribution is 2.44. The molecule has 3 fully saturated rings. The zero-order chi connectivity index (χ0) is 22.9. The van der Waals surface area contributed by atoms with Gasteiger partial charge in [0.25, 0.3) is 0 Å². The van der Waals surface area contributed by atoms with Crippen molar-refractivity contribution in [1.82, 2.24) is 19.4 Å². The predicted molar refractivity (Wildman–Crippen MR) is 127 cm³/mol. The van der Waals surface area contributed by atoms with Crippen LogP contribution in [0.5, 0.6) is 0 Å². The number of hydrogen-bond donors (Lipinski definition) is 3. The fraction of sp³-hybridized carbons (Fsp3) is 0.542. The Bertz CT molecular complexity index is 1030. The van der Waals surface area contributed by atoms with Gasteiger partial charge in [-0.15, -0.1) is 0 Å². The van der Waals surface area contributed by atoms with Crippen LogP contribution in [0.4, 0.5) is 10.6 Å². The Kier molecular flexibility index (Phi) is 6.18. The van der Waals surface area contributed by atoms with Crippen LogP contribution in [0.2, 0.25) is 0 Å². The Labute approximate surface area is 193 Å². The number of amides is 2. The molecule has 0 bridgehead atoms. The van der Waals surface area contributed by atoms with Gasteiger partial charge < -0.3 is 16.4 Å². The van der Waals surface area contributed by atoms with Crippen molar-refractivity contribution >= 4 is 11.8 Å². The van der Waals surface area contributed by atoms with Gasteiger partial charge in [-0.3, -0.25) is 14.8 Å². The molecule has 0 spiro atoms. The predicted octanol–water partition coefficient (Wildman–Crippen LogP) is 1.21. The van der Waals surface area contributed by atoms with E-state index >= 15 is 0 Å². The molecule has 2 unspecified atom stereocenters. The van der Waals surface area contributed by atoms with E-state index in [1.807, 2.05) is 12.1 Å². The summed E-state index contributed by atoms with van der Waals surface area (Å²) in [5.74, 6) is 2.21. The number of urea groups is 1. The van der Waals surface area contributed by atoms with Crippen molar-refractivity contribution in [2.75, 3.05) is 38.0 Å². The van der Waals surface area contributed by atoms with Gasteiger partial charge in [-0.25, -0.2) is 9.59 Å². The lowest BCUT2D eigenvalue weighted by Gasteiger charge is -2.31. The largest absolute Gasteiger partial charge is 0.354 e. The summed E-state index contributed by atoms with van der Waals surface area (Å²) in [7, 11) is 0. The number of fused-ring (bicyclic) bond motifs is 1. The first-order chi connectivity index (χ1) is 16.0. The van der Waals surface area contributed by atoms with Crippen LogP contribution in [-0.2, 0) is 6.54 Å². The summed E-state index contributed by atoms with van der Waals surface area (Å²) in [6.45, 7) is 5.15. The summed E-state index contributed by atoms with van der Waals surface area (Å²) in [6.07, 6.45) is 4.58. The van der Waals surface area contributed by atoms with Gasteiger partial charge in [0, 0.05) is 45.0 Å². The molecular formula is C24H33N7O2. The van der Waals surface area contributed by atoms with Crippen molar-refractivity contribution in [2.24, 2.45) is 29.2 Å². The van der Waals surface area contributed by atoms with Crippen LogP contribution < -0.4 is 22.5 Å². The second kappa shape index (κ2) is 9.24. The summed E-state index contributed by atoms with van der Waals surface area (Å²) in [5, 5.41) is 2.76. The van der Waals surface area contributed by atoms with Crippen LogP contribution in [0, 0.1) is 17.8 Å². The molecule has 33 heavy (non-hydrogen) atoms. The molecule has 5 rings (SSSR count). The number of carbonyl (C=O) groups is 1. The van der Waals surface area contributed by atoms with Gasteiger partial charge in [0.2, 0.25) is 0 Å². The molecule has 1 aliphatic carbocycles. The van der Waals surface area contributed by atoms with E-state index in [0.717, 1.165) is 44.6 Å². The topological polar surface area (TPSA) is 123 Å². The van der Waals surface area contributed by atoms with Crippen LogP contribution in [-0.4, -0.2) is 64.1 Å². The Balaban J connectivity index is 1.17. The number of piperidine rings is 2. The monoisotopic (exact) mass is 451 g/mol. The molecule has 3 heterocycles. The van der Waals surface area contributed by atoms with Gasteiger partial charge >= 0.3 is 11.7 Å². The van der Waals surface area contributed by atoms with Gasteiger partial charge in [0.1, 0.15) is 5.82 Å². The molecule has 3 aliphatic rings. The molecule has 2 amide bonds. The minimum absolute atomic E-state index is 0.212. The van der Waals surface area contributed by atoms with E-state index in [1.165, 1.54) is 10.1 Å². The van der Waals surface area contributed by atoms with Gasteiger partial charge in [-0.2, -0.15) is 4.98 Å². The third kappa shape index (κ3) is 4.80. The van der Waals surface area contributed by atoms with E-state index in [-0.39, 0.29) is 11.8 Å². The van der Waals surface area contributed by atoms with E-state index in [9.17, 15) is 9.59 Å². The summed E-state index contributed by atoms with van der Waals surface area (Å²) < 4.78 is 1.49. The average Bonchev–Trinajstić information content (AvgIpc) is 3.20. The van der Waals surface area contributed by atoms with Gasteiger partial charge in [-0.1, -0.05) is 12.1 Å². The Morgan fingerprint density at radius 1 is 1.09 bits per heavy atom. The fourth-order valence-electron chi connectivity index (χ4n) is 5.33. The number of carbonyl (C=O) groups excluding carboxylic acids is 1. The number of nitrogens with zero attached hydrogens (tertiary/aromatic N) is 4. The van der Waals surface area contributed by atoms with Crippen molar-refractivity contribution < 1.29 is 4.79 Å². The van der Waals surface area contributed by atoms with Gasteiger partial charge in [-0.05, 0) is 67.3 Å². The molecule has 2 aliphatic heterocycles. The normalized spacial score (nSPS) is 25.2. The van der Waals surface area contributed by atoms with Crippen molar-refractivity contribution in [1.29, 1.82) is 0 Å². The second-order valence-electron chi connectivity index (χ2n) is 9.67. The van der Waals surface area contributed by atoms with Crippen LogP contribution in [0.25, 0.3) is 5.69 Å². The highest BCUT2D eigenvalue weighted by Gasteiger charge is 2.53. The summed E-state index contributed by atoms with van der Waals surface area (Å²) in [5.41, 5.74) is 13.2. The first-order valence-electron chi connectivity index (χ1n) is 11.9. The maximum absolute atomic E-state index is 12.6. The number of hydrogen-bond acceptors (Lipinski definition) is 6. The molecule has 5 N–H and O–H groups in total. The third-order valence-electron chi connectivity index (χ3n) is 7.47. The SMILES string of the molecule is NCCC1CCN(C(=O)Nc2ccn(-c3ccc(CN4CC5C(N)C5C4)cc3)c(=O)n2)CC1. The Morgan fingerprint density at radius 2 is 1.79 bits per heavy atom. The average molecular weight is 452 g/mol. The van der Waals surface area contributed by atoms with Crippen LogP contribution in [0.15, 0.2) is 41.3 Å². The molecule has 1 aromatic carbocycles. The van der Waals surface area contributed by atoms with E-state index < -0.39 is 5.69 Å². The lowest BCUT2D eigenvalue weighted by atomic mass is 9.94. The highest BCUT2D eigenvalue weighted by atomic mass is 16.2. The maximum Gasteiger partial charge on any atom is 0.354 e. The standard InChI is InChI=1S/C24H33N7O2/c25-9-5-16-6-10-30(11-7-16)23(32)27-21-8-12-31(24(33)28-21)18-3-1-17(2-4-18)13-29-14-19-20(15-29)22(19)26/h1-4,8,12,16,19-20,22H,5-7,9-11,13-15,25-26H2,(H,27,28,32,33). The van der Waals surface area contributed by atoms with Gasteiger partial charge in [0.05, 0.1) is 5.69 Å². The maximum atomic E-state index is 12.6. The number of benzene rings is 1. The van der Waals surface area contributed by atoms with Crippen molar-refractivity contribution in [3.8, 4) is 5.69 Å². The van der Waals surface area contributed by atoms with E-state index in [2.05, 4.69) is 27.3 Å². The number of nitrogens with one attached hydrogen (secondary N) is 1. The minimum Gasteiger partial charge on any atom is -0.330 e. The first-order valence-corrected chi connectivity index (χ1v) is 11.9. The second-order valence-corrected chi connectivity index (χ2v) is 9.67. The van der Waals surface area contributed by atoms with Crippen LogP contribution in [0.1, 0.15) is 24.8 Å². The van der Waals surface area contributed by atoms with Crippen molar-refractivity contribution in [3.05, 3.63) is 52.6 Å². The lowest BCUT2D eigenvalue weighted by Crippen LogP contribution is -2.41. The zero-order valence-corrected chi connectivity index (χ0v) is 18.9. The number of aromatic nitrogens is 2. The molecular weight excluding hydrogens is 418 g/mol. The number of likely N-dealkylation sites (tertiary alicyclic amines) is 2. The van der Waals surface area contributed by atoms with E-state index in [0.29, 0.717) is 43.4 Å². The molecule has 2 aromatic rings. The van der Waals surface area contributed by atoms with Crippen LogP contribution >= 0.6 is 0 Å². The summed E-state index contributed by atoms with van der Waals surface area (Å²) in [4.78, 5) is 33.4. The summed E-state index contributed by atoms with van der Waals surface area (Å²) >= 11 is 0. The third-order valence-corrected chi connectivity index (χ3v) is 7.47. The van der Waals surface area contributed by atoms with Crippen molar-refractivity contribution in [3.63, 3.8) is 0 Å². The molecule has 176 valence electrons. The zero-order valence-electron chi connectivity index (χ0n) is 18.9. The fourth-order valence-corrected chi connectivity index (χ4v) is 5.33. The molecule has 1 aromatic heterocycles. The number of rotatable bonds is 6. The Morgan fingerprint density at radius 3 is 2.42 bits per heavy atom. The molecule has 2 atom stereocenters. The van der Waals surface area contributed by atoms with E-state index in [4.69, 9.17) is 11.5 Å². The number of nitrogens with two attached hydrogens (primary N) is 2. The van der Waals surface area contributed by atoms with Crippen LogP contribution in [0.3, 0.4) is 0 Å². The summed E-state index contributed by atoms with van der Waals surface area (Å²) in [6, 6.07) is 9.83. The molecule has 9 heteroatoms.